The summed E-state index contributed by atoms with van der Waals surface area (Å²) in [4.78, 5) is 16.4. The maximum absolute atomic E-state index is 12.2. The third-order valence-electron chi connectivity index (χ3n) is 2.82. The summed E-state index contributed by atoms with van der Waals surface area (Å²) >= 11 is 3.33. The Kier molecular flexibility index (Phi) is 5.75. The SMILES string of the molecule is CCNc1ncc(Br)cc1C(=O)NCC1COCCO1. The molecule has 1 aliphatic rings. The third kappa shape index (κ3) is 4.16. The van der Waals surface area contributed by atoms with Gasteiger partial charge in [-0.1, -0.05) is 0 Å². The lowest BCUT2D eigenvalue weighted by Gasteiger charge is -2.23. The maximum atomic E-state index is 12.2. The Morgan fingerprint density at radius 1 is 1.55 bits per heavy atom. The van der Waals surface area contributed by atoms with E-state index in [1.165, 1.54) is 0 Å². The summed E-state index contributed by atoms with van der Waals surface area (Å²) in [7, 11) is 0. The highest BCUT2D eigenvalue weighted by Gasteiger charge is 2.18. The van der Waals surface area contributed by atoms with Crippen LogP contribution in [0, 0.1) is 0 Å². The molecule has 0 saturated carbocycles. The maximum Gasteiger partial charge on any atom is 0.255 e. The van der Waals surface area contributed by atoms with Gasteiger partial charge in [-0.05, 0) is 28.9 Å². The molecular weight excluding hydrogens is 326 g/mol. The minimum absolute atomic E-state index is 0.0876. The van der Waals surface area contributed by atoms with Crippen LogP contribution in [0.25, 0.3) is 0 Å². The number of aromatic nitrogens is 1. The predicted molar refractivity (Wildman–Crippen MR) is 79.0 cm³/mol. The zero-order valence-electron chi connectivity index (χ0n) is 11.3. The average molecular weight is 344 g/mol. The molecule has 6 nitrogen and oxygen atoms in total. The van der Waals surface area contributed by atoms with E-state index >= 15 is 0 Å². The van der Waals surface area contributed by atoms with E-state index in [9.17, 15) is 4.79 Å². The van der Waals surface area contributed by atoms with Crippen LogP contribution in [0.15, 0.2) is 16.7 Å². The van der Waals surface area contributed by atoms with Crippen LogP contribution in [0.3, 0.4) is 0 Å². The smallest absolute Gasteiger partial charge is 0.255 e. The molecule has 2 heterocycles. The van der Waals surface area contributed by atoms with E-state index in [1.54, 1.807) is 12.3 Å². The molecule has 1 saturated heterocycles. The van der Waals surface area contributed by atoms with Crippen molar-refractivity contribution in [3.63, 3.8) is 0 Å². The van der Waals surface area contributed by atoms with Crippen LogP contribution in [0.4, 0.5) is 5.82 Å². The second-order valence-corrected chi connectivity index (χ2v) is 5.27. The number of halogens is 1. The predicted octanol–water partition coefficient (Wildman–Crippen LogP) is 1.42. The van der Waals surface area contributed by atoms with Crippen molar-refractivity contribution in [3.05, 3.63) is 22.3 Å². The molecule has 1 aliphatic heterocycles. The molecule has 0 bridgehead atoms. The lowest BCUT2D eigenvalue weighted by atomic mass is 10.2. The van der Waals surface area contributed by atoms with Crippen molar-refractivity contribution >= 4 is 27.7 Å². The molecule has 1 amide bonds. The molecule has 1 atom stereocenters. The number of carbonyl (C=O) groups excluding carboxylic acids is 1. The molecule has 0 aliphatic carbocycles. The van der Waals surface area contributed by atoms with Gasteiger partial charge >= 0.3 is 0 Å². The molecule has 2 N–H and O–H groups in total. The number of nitrogens with one attached hydrogen (secondary N) is 2. The first-order valence-corrected chi connectivity index (χ1v) is 7.37. The Balaban J connectivity index is 1.98. The summed E-state index contributed by atoms with van der Waals surface area (Å²) in [5, 5.41) is 5.92. The van der Waals surface area contributed by atoms with Crippen LogP contribution >= 0.6 is 15.9 Å². The molecule has 7 heteroatoms. The number of hydrogen-bond donors (Lipinski definition) is 2. The first kappa shape index (κ1) is 15.2. The van der Waals surface area contributed by atoms with Gasteiger partial charge in [-0.3, -0.25) is 4.79 Å². The van der Waals surface area contributed by atoms with Gasteiger partial charge in [0.25, 0.3) is 5.91 Å². The molecule has 0 aromatic carbocycles. The summed E-state index contributed by atoms with van der Waals surface area (Å²) in [6.45, 7) is 4.79. The molecule has 1 aromatic rings. The van der Waals surface area contributed by atoms with E-state index < -0.39 is 0 Å². The molecule has 2 rings (SSSR count). The average Bonchev–Trinajstić information content (AvgIpc) is 2.48. The van der Waals surface area contributed by atoms with Crippen LogP contribution in [0.5, 0.6) is 0 Å². The number of anilines is 1. The summed E-state index contributed by atoms with van der Waals surface area (Å²) in [5.41, 5.74) is 0.512. The van der Waals surface area contributed by atoms with Gasteiger partial charge in [0.15, 0.2) is 0 Å². The first-order chi connectivity index (χ1) is 9.70. The Hall–Kier alpha value is -1.18. The molecule has 1 unspecified atom stereocenters. The van der Waals surface area contributed by atoms with Crippen LogP contribution in [-0.4, -0.2) is 49.9 Å². The molecule has 110 valence electrons. The van der Waals surface area contributed by atoms with E-state index in [-0.39, 0.29) is 12.0 Å². The fourth-order valence-electron chi connectivity index (χ4n) is 1.88. The molecule has 0 radical (unpaired) electrons. The van der Waals surface area contributed by atoms with Crippen molar-refractivity contribution < 1.29 is 14.3 Å². The zero-order chi connectivity index (χ0) is 14.4. The van der Waals surface area contributed by atoms with E-state index in [1.807, 2.05) is 6.92 Å². The lowest BCUT2D eigenvalue weighted by Crippen LogP contribution is -2.39. The number of rotatable bonds is 5. The minimum atomic E-state index is -0.177. The van der Waals surface area contributed by atoms with Gasteiger partial charge in [0, 0.05) is 23.8 Å². The second kappa shape index (κ2) is 7.56. The van der Waals surface area contributed by atoms with Gasteiger partial charge in [0.05, 0.1) is 31.5 Å². The second-order valence-electron chi connectivity index (χ2n) is 4.36. The van der Waals surface area contributed by atoms with Crippen molar-refractivity contribution in [1.29, 1.82) is 0 Å². The van der Waals surface area contributed by atoms with Crippen LogP contribution in [0.1, 0.15) is 17.3 Å². The summed E-state index contributed by atoms with van der Waals surface area (Å²) < 4.78 is 11.5. The van der Waals surface area contributed by atoms with Crippen LogP contribution in [-0.2, 0) is 9.47 Å². The lowest BCUT2D eigenvalue weighted by molar-refractivity contribution is -0.0855. The Morgan fingerprint density at radius 3 is 3.10 bits per heavy atom. The summed E-state index contributed by atoms with van der Waals surface area (Å²) in [6.07, 6.45) is 1.57. The van der Waals surface area contributed by atoms with Crippen molar-refractivity contribution in [2.75, 3.05) is 38.2 Å². The fourth-order valence-corrected chi connectivity index (χ4v) is 2.21. The van der Waals surface area contributed by atoms with Gasteiger partial charge in [-0.2, -0.15) is 0 Å². The third-order valence-corrected chi connectivity index (χ3v) is 3.25. The van der Waals surface area contributed by atoms with Crippen molar-refractivity contribution in [2.45, 2.75) is 13.0 Å². The highest BCUT2D eigenvalue weighted by Crippen LogP contribution is 2.18. The monoisotopic (exact) mass is 343 g/mol. The summed E-state index contributed by atoms with van der Waals surface area (Å²) in [6, 6.07) is 1.75. The highest BCUT2D eigenvalue weighted by atomic mass is 79.9. The number of carbonyl (C=O) groups is 1. The van der Waals surface area contributed by atoms with Gasteiger partial charge < -0.3 is 20.1 Å². The first-order valence-electron chi connectivity index (χ1n) is 6.57. The van der Waals surface area contributed by atoms with Crippen molar-refractivity contribution in [1.82, 2.24) is 10.3 Å². The standard InChI is InChI=1S/C13H18BrN3O3/c1-2-15-12-11(5-9(14)6-16-12)13(18)17-7-10-8-19-3-4-20-10/h5-6,10H,2-4,7-8H2,1H3,(H,15,16)(H,17,18). The topological polar surface area (TPSA) is 72.5 Å². The molecule has 1 aromatic heterocycles. The zero-order valence-corrected chi connectivity index (χ0v) is 12.9. The number of nitrogens with zero attached hydrogens (tertiary/aromatic N) is 1. The quantitative estimate of drug-likeness (QED) is 0.845. The minimum Gasteiger partial charge on any atom is -0.376 e. The molecule has 20 heavy (non-hydrogen) atoms. The molecule has 1 fully saturated rings. The molecule has 0 spiro atoms. The number of hydrogen-bond acceptors (Lipinski definition) is 5. The number of ether oxygens (including phenoxy) is 2. The number of pyridine rings is 1. The highest BCUT2D eigenvalue weighted by molar-refractivity contribution is 9.10. The van der Waals surface area contributed by atoms with E-state index in [4.69, 9.17) is 9.47 Å². The number of amides is 1. The van der Waals surface area contributed by atoms with Gasteiger partial charge in [-0.25, -0.2) is 4.98 Å². The van der Waals surface area contributed by atoms with Crippen LogP contribution in [0.2, 0.25) is 0 Å². The largest absolute Gasteiger partial charge is 0.376 e. The Labute approximate surface area is 126 Å². The van der Waals surface area contributed by atoms with Crippen molar-refractivity contribution in [2.24, 2.45) is 0 Å². The molecular formula is C13H18BrN3O3. The van der Waals surface area contributed by atoms with Crippen molar-refractivity contribution in [3.8, 4) is 0 Å². The van der Waals surface area contributed by atoms with E-state index in [2.05, 4.69) is 31.5 Å². The van der Waals surface area contributed by atoms with Gasteiger partial charge in [0.2, 0.25) is 0 Å². The fraction of sp³-hybridized carbons (Fsp3) is 0.538. The Bertz CT molecular complexity index is 464. The van der Waals surface area contributed by atoms with Gasteiger partial charge in [-0.15, -0.1) is 0 Å². The normalized spacial score (nSPS) is 18.6. The van der Waals surface area contributed by atoms with Gasteiger partial charge in [0.1, 0.15) is 5.82 Å². The summed E-state index contributed by atoms with van der Waals surface area (Å²) in [5.74, 6) is 0.401. The van der Waals surface area contributed by atoms with E-state index in [0.717, 1.165) is 4.47 Å². The Morgan fingerprint density at radius 2 is 2.40 bits per heavy atom. The van der Waals surface area contributed by atoms with E-state index in [0.29, 0.717) is 44.3 Å². The van der Waals surface area contributed by atoms with Crippen LogP contribution < -0.4 is 10.6 Å².